The van der Waals surface area contributed by atoms with Gasteiger partial charge >= 0.3 is 0 Å². The first-order valence-corrected chi connectivity index (χ1v) is 7.07. The molecule has 1 amide bonds. The minimum atomic E-state index is -0.0481. The van der Waals surface area contributed by atoms with Crippen LogP contribution in [0.2, 0.25) is 0 Å². The van der Waals surface area contributed by atoms with E-state index in [1.165, 1.54) is 0 Å². The van der Waals surface area contributed by atoms with Crippen molar-refractivity contribution in [1.82, 2.24) is 30.0 Å². The highest BCUT2D eigenvalue weighted by Gasteiger charge is 2.24. The van der Waals surface area contributed by atoms with Crippen LogP contribution < -0.4 is 0 Å². The molecule has 0 atom stereocenters. The van der Waals surface area contributed by atoms with Crippen LogP contribution in [0.3, 0.4) is 0 Å². The van der Waals surface area contributed by atoms with Crippen LogP contribution >= 0.6 is 0 Å². The van der Waals surface area contributed by atoms with Gasteiger partial charge in [-0.3, -0.25) is 14.9 Å². The molecule has 4 heterocycles. The molecule has 4 rings (SSSR count). The molecule has 7 heteroatoms. The van der Waals surface area contributed by atoms with Gasteiger partial charge in [-0.1, -0.05) is 0 Å². The number of rotatable bonds is 2. The number of imidazole rings is 1. The fourth-order valence-corrected chi connectivity index (χ4v) is 2.66. The molecule has 0 unspecified atom stereocenters. The Labute approximate surface area is 126 Å². The van der Waals surface area contributed by atoms with Gasteiger partial charge < -0.3 is 9.88 Å². The van der Waals surface area contributed by atoms with Crippen molar-refractivity contribution >= 4 is 5.91 Å². The second-order valence-corrected chi connectivity index (χ2v) is 5.21. The number of aromatic amines is 2. The van der Waals surface area contributed by atoms with Crippen LogP contribution in [0.5, 0.6) is 0 Å². The Morgan fingerprint density at radius 3 is 3.00 bits per heavy atom. The van der Waals surface area contributed by atoms with Crippen molar-refractivity contribution < 1.29 is 4.79 Å². The molecule has 3 aromatic heterocycles. The second-order valence-electron chi connectivity index (χ2n) is 5.21. The van der Waals surface area contributed by atoms with Gasteiger partial charge in [0, 0.05) is 30.9 Å². The molecule has 2 N–H and O–H groups in total. The number of H-pyrrole nitrogens is 2. The Kier molecular flexibility index (Phi) is 2.96. The average molecular weight is 294 g/mol. The van der Waals surface area contributed by atoms with Crippen molar-refractivity contribution in [2.45, 2.75) is 13.0 Å². The van der Waals surface area contributed by atoms with Crippen LogP contribution in [0, 0.1) is 0 Å². The Balaban J connectivity index is 1.56. The number of amides is 1. The number of fused-ring (bicyclic) bond motifs is 1. The summed E-state index contributed by atoms with van der Waals surface area (Å²) in [6, 6.07) is 5.50. The van der Waals surface area contributed by atoms with Gasteiger partial charge in [0.15, 0.2) is 0 Å². The maximum absolute atomic E-state index is 12.6. The topological polar surface area (TPSA) is 90.6 Å². The molecule has 0 spiro atoms. The molecule has 0 saturated heterocycles. The van der Waals surface area contributed by atoms with Crippen LogP contribution in [0.15, 0.2) is 36.9 Å². The molecule has 110 valence electrons. The fourth-order valence-electron chi connectivity index (χ4n) is 2.66. The van der Waals surface area contributed by atoms with Gasteiger partial charge in [-0.15, -0.1) is 0 Å². The zero-order valence-electron chi connectivity index (χ0n) is 11.8. The summed E-state index contributed by atoms with van der Waals surface area (Å²) in [5, 5.41) is 7.05. The van der Waals surface area contributed by atoms with Gasteiger partial charge in [0.2, 0.25) is 0 Å². The van der Waals surface area contributed by atoms with Gasteiger partial charge in [-0.05, 0) is 18.2 Å². The molecule has 0 fully saturated rings. The first-order chi connectivity index (χ1) is 10.8. The van der Waals surface area contributed by atoms with Crippen LogP contribution in [-0.2, 0) is 13.0 Å². The molecule has 1 aliphatic rings. The Morgan fingerprint density at radius 1 is 1.27 bits per heavy atom. The summed E-state index contributed by atoms with van der Waals surface area (Å²) < 4.78 is 0. The third kappa shape index (κ3) is 2.16. The van der Waals surface area contributed by atoms with Crippen molar-refractivity contribution in [3.05, 3.63) is 54.0 Å². The highest BCUT2D eigenvalue weighted by atomic mass is 16.2. The van der Waals surface area contributed by atoms with E-state index in [-0.39, 0.29) is 5.91 Å². The highest BCUT2D eigenvalue weighted by Crippen LogP contribution is 2.20. The summed E-state index contributed by atoms with van der Waals surface area (Å²) in [6.07, 6.45) is 5.86. The Morgan fingerprint density at radius 2 is 2.14 bits per heavy atom. The predicted octanol–water partition coefficient (Wildman–Crippen LogP) is 1.39. The summed E-state index contributed by atoms with van der Waals surface area (Å²) in [5.74, 6) is -0.0481. The minimum Gasteiger partial charge on any atom is -0.347 e. The molecule has 1 aliphatic heterocycles. The molecular formula is C15H14N6O. The van der Waals surface area contributed by atoms with Crippen molar-refractivity contribution in [3.8, 4) is 11.3 Å². The van der Waals surface area contributed by atoms with Crippen molar-refractivity contribution in [1.29, 1.82) is 0 Å². The first-order valence-electron chi connectivity index (χ1n) is 7.07. The smallest absolute Gasteiger partial charge is 0.272 e. The maximum Gasteiger partial charge on any atom is 0.272 e. The molecule has 7 nitrogen and oxygen atoms in total. The molecule has 3 aromatic rings. The number of nitrogens with one attached hydrogen (secondary N) is 2. The number of carbonyl (C=O) groups is 1. The third-order valence-corrected chi connectivity index (χ3v) is 3.85. The van der Waals surface area contributed by atoms with Crippen LogP contribution in [0.4, 0.5) is 0 Å². The standard InChI is InChI=1S/C15H14N6O/c22-15(21-6-3-11-14(8-21)18-9-17-11)13-7-12(19-20-13)10-1-4-16-5-2-10/h1-2,4-5,7,9H,3,6,8H2,(H,17,18)(H,19,20). The Hall–Kier alpha value is -2.96. The van der Waals surface area contributed by atoms with Crippen LogP contribution in [0.25, 0.3) is 11.3 Å². The number of pyridine rings is 1. The third-order valence-electron chi connectivity index (χ3n) is 3.85. The van der Waals surface area contributed by atoms with Crippen molar-refractivity contribution in [2.75, 3.05) is 6.54 Å². The lowest BCUT2D eigenvalue weighted by Crippen LogP contribution is -2.36. The zero-order valence-corrected chi connectivity index (χ0v) is 11.8. The highest BCUT2D eigenvalue weighted by molar-refractivity contribution is 5.93. The van der Waals surface area contributed by atoms with Crippen molar-refractivity contribution in [3.63, 3.8) is 0 Å². The number of nitrogens with zero attached hydrogens (tertiary/aromatic N) is 4. The SMILES string of the molecule is O=C(c1cc(-c2ccncc2)n[nH]1)N1CCc2nc[nH]c2C1. The number of aromatic nitrogens is 5. The molecule has 0 aromatic carbocycles. The minimum absolute atomic E-state index is 0.0481. The zero-order chi connectivity index (χ0) is 14.9. The van der Waals surface area contributed by atoms with E-state index in [1.807, 2.05) is 12.1 Å². The number of hydrogen-bond donors (Lipinski definition) is 2. The van der Waals surface area contributed by atoms with E-state index in [0.717, 1.165) is 29.1 Å². The van der Waals surface area contributed by atoms with Gasteiger partial charge in [0.05, 0.1) is 30.0 Å². The van der Waals surface area contributed by atoms with Crippen LogP contribution in [0.1, 0.15) is 21.9 Å². The maximum atomic E-state index is 12.6. The molecule has 0 bridgehead atoms. The quantitative estimate of drug-likeness (QED) is 0.747. The number of hydrogen-bond acceptors (Lipinski definition) is 4. The molecule has 22 heavy (non-hydrogen) atoms. The number of carbonyl (C=O) groups excluding carboxylic acids is 1. The lowest BCUT2D eigenvalue weighted by molar-refractivity contribution is 0.0726. The summed E-state index contributed by atoms with van der Waals surface area (Å²) in [7, 11) is 0. The van der Waals surface area contributed by atoms with E-state index in [2.05, 4.69) is 25.1 Å². The summed E-state index contributed by atoms with van der Waals surface area (Å²) in [4.78, 5) is 25.7. The van der Waals surface area contributed by atoms with Gasteiger partial charge in [-0.25, -0.2) is 4.98 Å². The van der Waals surface area contributed by atoms with Gasteiger partial charge in [-0.2, -0.15) is 5.10 Å². The largest absolute Gasteiger partial charge is 0.347 e. The summed E-state index contributed by atoms with van der Waals surface area (Å²) in [5.41, 5.74) is 4.22. The lowest BCUT2D eigenvalue weighted by atomic mass is 10.1. The predicted molar refractivity (Wildman–Crippen MR) is 78.9 cm³/mol. The van der Waals surface area contributed by atoms with E-state index in [0.29, 0.717) is 18.8 Å². The fraction of sp³-hybridized carbons (Fsp3) is 0.200. The second kappa shape index (κ2) is 5.10. The molecule has 0 saturated carbocycles. The molecular weight excluding hydrogens is 280 g/mol. The molecule has 0 aliphatic carbocycles. The lowest BCUT2D eigenvalue weighted by Gasteiger charge is -2.25. The normalized spacial score (nSPS) is 13.9. The van der Waals surface area contributed by atoms with E-state index in [4.69, 9.17) is 0 Å². The van der Waals surface area contributed by atoms with E-state index in [9.17, 15) is 4.79 Å². The summed E-state index contributed by atoms with van der Waals surface area (Å²) in [6.45, 7) is 1.22. The monoisotopic (exact) mass is 294 g/mol. The molecule has 0 radical (unpaired) electrons. The van der Waals surface area contributed by atoms with Crippen molar-refractivity contribution in [2.24, 2.45) is 0 Å². The first kappa shape index (κ1) is 12.8. The van der Waals surface area contributed by atoms with Gasteiger partial charge in [0.25, 0.3) is 5.91 Å². The van der Waals surface area contributed by atoms with E-state index < -0.39 is 0 Å². The summed E-state index contributed by atoms with van der Waals surface area (Å²) >= 11 is 0. The Bertz CT molecular complexity index is 806. The van der Waals surface area contributed by atoms with E-state index >= 15 is 0 Å². The average Bonchev–Trinajstić information content (AvgIpc) is 3.23. The van der Waals surface area contributed by atoms with Crippen LogP contribution in [-0.4, -0.2) is 42.5 Å². The van der Waals surface area contributed by atoms with E-state index in [1.54, 1.807) is 29.7 Å². The van der Waals surface area contributed by atoms with Gasteiger partial charge in [0.1, 0.15) is 5.69 Å².